The van der Waals surface area contributed by atoms with E-state index >= 15 is 0 Å². The molecule has 152 valence electrons. The molecule has 3 aromatic rings. The number of sulfone groups is 1. The van der Waals surface area contributed by atoms with Crippen LogP contribution in [0, 0.1) is 0 Å². The summed E-state index contributed by atoms with van der Waals surface area (Å²) in [6.45, 7) is 1.66. The highest BCUT2D eigenvalue weighted by molar-refractivity contribution is 7.90. The molecule has 1 N–H and O–H groups in total. The second-order valence-corrected chi connectivity index (χ2v) is 8.14. The fourth-order valence-corrected chi connectivity index (χ4v) is 3.23. The van der Waals surface area contributed by atoms with Crippen molar-refractivity contribution < 1.29 is 17.6 Å². The van der Waals surface area contributed by atoms with Crippen LogP contribution in [0.15, 0.2) is 61.6 Å². The molecule has 10 nitrogen and oxygen atoms in total. The van der Waals surface area contributed by atoms with Crippen molar-refractivity contribution >= 4 is 15.7 Å². The largest absolute Gasteiger partial charge is 0.467 e. The number of benzene rings is 1. The highest BCUT2D eigenvalue weighted by Gasteiger charge is 2.20. The van der Waals surface area contributed by atoms with Crippen LogP contribution in [0.2, 0.25) is 0 Å². The Morgan fingerprint density at radius 2 is 1.86 bits per heavy atom. The average Bonchev–Trinajstić information content (AvgIpc) is 3.20. The van der Waals surface area contributed by atoms with E-state index in [0.29, 0.717) is 5.76 Å². The minimum Gasteiger partial charge on any atom is -0.467 e. The average molecular weight is 418 g/mol. The standard InChI is InChI=1S/C18H18N4O6S/c1-3-21-17(24)15(16(23)19-11-13-5-4-10-28-13)20-22(18(21)25)12-6-8-14(9-7-12)29(2,26)27/h4-10H,3,11H2,1-2H3,(H,19,23). The Balaban J connectivity index is 2.04. The molecule has 29 heavy (non-hydrogen) atoms. The van der Waals surface area contributed by atoms with Gasteiger partial charge in [0.05, 0.1) is 23.4 Å². The zero-order valence-corrected chi connectivity index (χ0v) is 16.5. The molecule has 0 spiro atoms. The fourth-order valence-electron chi connectivity index (χ4n) is 2.60. The highest BCUT2D eigenvalue weighted by atomic mass is 32.2. The van der Waals surface area contributed by atoms with E-state index in [9.17, 15) is 22.8 Å². The minimum atomic E-state index is -3.42. The molecule has 3 rings (SSSR count). The molecule has 0 aliphatic carbocycles. The second kappa shape index (κ2) is 7.87. The summed E-state index contributed by atoms with van der Waals surface area (Å²) in [5.74, 6) is -0.283. The Morgan fingerprint density at radius 1 is 1.17 bits per heavy atom. The number of carbonyl (C=O) groups is 1. The summed E-state index contributed by atoms with van der Waals surface area (Å²) in [5.41, 5.74) is -1.82. The van der Waals surface area contributed by atoms with Gasteiger partial charge in [0.1, 0.15) is 5.76 Å². The summed E-state index contributed by atoms with van der Waals surface area (Å²) < 4.78 is 30.1. The number of carbonyl (C=O) groups excluding carboxylic acids is 1. The molecule has 2 aromatic heterocycles. The first-order valence-electron chi connectivity index (χ1n) is 8.57. The van der Waals surface area contributed by atoms with Crippen LogP contribution in [0.4, 0.5) is 0 Å². The molecular formula is C18H18N4O6S. The van der Waals surface area contributed by atoms with Gasteiger partial charge >= 0.3 is 5.69 Å². The third-order valence-corrected chi connectivity index (χ3v) is 5.23. The van der Waals surface area contributed by atoms with Gasteiger partial charge in [0.2, 0.25) is 5.69 Å². The molecule has 0 atom stereocenters. The molecule has 0 saturated heterocycles. The Hall–Kier alpha value is -3.47. The van der Waals surface area contributed by atoms with Crippen molar-refractivity contribution in [2.75, 3.05) is 6.26 Å². The first kappa shape index (κ1) is 20.3. The molecule has 0 unspecified atom stereocenters. The van der Waals surface area contributed by atoms with E-state index in [-0.39, 0.29) is 23.7 Å². The molecule has 0 aliphatic rings. The summed E-state index contributed by atoms with van der Waals surface area (Å²) in [7, 11) is -3.42. The number of amides is 1. The maximum atomic E-state index is 12.6. The zero-order valence-electron chi connectivity index (χ0n) is 15.7. The number of rotatable bonds is 6. The minimum absolute atomic E-state index is 0.0279. The Morgan fingerprint density at radius 3 is 2.41 bits per heavy atom. The van der Waals surface area contributed by atoms with E-state index in [1.54, 1.807) is 19.1 Å². The number of nitrogens with zero attached hydrogens (tertiary/aromatic N) is 3. The number of aromatic nitrogens is 3. The van der Waals surface area contributed by atoms with E-state index in [1.807, 2.05) is 0 Å². The van der Waals surface area contributed by atoms with Crippen molar-refractivity contribution in [3.8, 4) is 5.69 Å². The lowest BCUT2D eigenvalue weighted by molar-refractivity contribution is 0.0938. The van der Waals surface area contributed by atoms with Crippen molar-refractivity contribution in [2.45, 2.75) is 24.9 Å². The van der Waals surface area contributed by atoms with Crippen LogP contribution in [-0.4, -0.2) is 34.9 Å². The van der Waals surface area contributed by atoms with Gasteiger partial charge in [0, 0.05) is 12.8 Å². The lowest BCUT2D eigenvalue weighted by Gasteiger charge is -2.11. The molecule has 2 heterocycles. The summed E-state index contributed by atoms with van der Waals surface area (Å²) in [4.78, 5) is 37.7. The predicted octanol–water partition coefficient (Wildman–Crippen LogP) is 0.341. The lowest BCUT2D eigenvalue weighted by atomic mass is 10.3. The lowest BCUT2D eigenvalue weighted by Crippen LogP contribution is -2.45. The quantitative estimate of drug-likeness (QED) is 0.610. The third-order valence-electron chi connectivity index (χ3n) is 4.10. The normalized spacial score (nSPS) is 11.4. The van der Waals surface area contributed by atoms with Crippen molar-refractivity contribution in [3.63, 3.8) is 0 Å². The topological polar surface area (TPSA) is 133 Å². The van der Waals surface area contributed by atoms with E-state index < -0.39 is 32.7 Å². The van der Waals surface area contributed by atoms with Gasteiger partial charge in [0.15, 0.2) is 9.84 Å². The highest BCUT2D eigenvalue weighted by Crippen LogP contribution is 2.12. The molecule has 1 amide bonds. The van der Waals surface area contributed by atoms with Gasteiger partial charge in [-0.25, -0.2) is 13.2 Å². The number of furan rings is 1. The summed E-state index contributed by atoms with van der Waals surface area (Å²) in [5, 5.41) is 6.44. The van der Waals surface area contributed by atoms with Gasteiger partial charge in [-0.05, 0) is 43.3 Å². The molecule has 0 fully saturated rings. The van der Waals surface area contributed by atoms with Gasteiger partial charge in [-0.3, -0.25) is 14.2 Å². The molecule has 0 aliphatic heterocycles. The zero-order chi connectivity index (χ0) is 21.2. The van der Waals surface area contributed by atoms with Crippen molar-refractivity contribution in [3.05, 3.63) is 75.0 Å². The van der Waals surface area contributed by atoms with Crippen LogP contribution < -0.4 is 16.6 Å². The second-order valence-electron chi connectivity index (χ2n) is 6.12. The van der Waals surface area contributed by atoms with Crippen LogP contribution in [0.3, 0.4) is 0 Å². The Labute approximate surface area is 165 Å². The maximum Gasteiger partial charge on any atom is 0.352 e. The molecule has 0 radical (unpaired) electrons. The molecule has 0 bridgehead atoms. The predicted molar refractivity (Wildman–Crippen MR) is 103 cm³/mol. The van der Waals surface area contributed by atoms with Gasteiger partial charge in [-0.2, -0.15) is 9.78 Å². The van der Waals surface area contributed by atoms with Crippen LogP contribution in [0.25, 0.3) is 5.69 Å². The first-order chi connectivity index (χ1) is 13.7. The molecular weight excluding hydrogens is 400 g/mol. The molecule has 1 aromatic carbocycles. The number of nitrogens with one attached hydrogen (secondary N) is 1. The smallest absolute Gasteiger partial charge is 0.352 e. The van der Waals surface area contributed by atoms with E-state index in [4.69, 9.17) is 4.42 Å². The first-order valence-corrected chi connectivity index (χ1v) is 10.5. The van der Waals surface area contributed by atoms with Crippen molar-refractivity contribution in [1.82, 2.24) is 19.7 Å². The third kappa shape index (κ3) is 4.19. The number of hydrogen-bond acceptors (Lipinski definition) is 7. The van der Waals surface area contributed by atoms with Gasteiger partial charge < -0.3 is 9.73 Å². The van der Waals surface area contributed by atoms with Gasteiger partial charge in [0.25, 0.3) is 11.5 Å². The molecule has 0 saturated carbocycles. The van der Waals surface area contributed by atoms with Crippen LogP contribution >= 0.6 is 0 Å². The van der Waals surface area contributed by atoms with Crippen molar-refractivity contribution in [1.29, 1.82) is 0 Å². The Kier molecular flexibility index (Phi) is 5.50. The van der Waals surface area contributed by atoms with E-state index in [0.717, 1.165) is 15.5 Å². The summed E-state index contributed by atoms with van der Waals surface area (Å²) >= 11 is 0. The van der Waals surface area contributed by atoms with Crippen LogP contribution in [0.5, 0.6) is 0 Å². The SMILES string of the molecule is CCn1c(=O)c(C(=O)NCc2ccco2)nn(-c2ccc(S(C)(=O)=O)cc2)c1=O. The summed E-state index contributed by atoms with van der Waals surface area (Å²) in [6, 6.07) is 8.69. The van der Waals surface area contributed by atoms with Gasteiger partial charge in [-0.1, -0.05) is 0 Å². The maximum absolute atomic E-state index is 12.6. The summed E-state index contributed by atoms with van der Waals surface area (Å²) in [6.07, 6.45) is 2.51. The van der Waals surface area contributed by atoms with E-state index in [1.165, 1.54) is 30.5 Å². The van der Waals surface area contributed by atoms with E-state index in [2.05, 4.69) is 10.4 Å². The molecule has 11 heteroatoms. The van der Waals surface area contributed by atoms with Crippen LogP contribution in [-0.2, 0) is 22.9 Å². The fraction of sp³-hybridized carbons (Fsp3) is 0.222. The number of hydrogen-bond donors (Lipinski definition) is 1. The monoisotopic (exact) mass is 418 g/mol. The Bertz CT molecular complexity index is 1260. The van der Waals surface area contributed by atoms with Crippen molar-refractivity contribution in [2.24, 2.45) is 0 Å². The van der Waals surface area contributed by atoms with Crippen LogP contribution in [0.1, 0.15) is 23.2 Å². The van der Waals surface area contributed by atoms with Gasteiger partial charge in [-0.15, -0.1) is 0 Å².